The first kappa shape index (κ1) is 9.03. The van der Waals surface area contributed by atoms with Crippen molar-refractivity contribution in [3.8, 4) is 0 Å². The van der Waals surface area contributed by atoms with Gasteiger partial charge in [-0.3, -0.25) is 0 Å². The lowest BCUT2D eigenvalue weighted by molar-refractivity contribution is 0.0690. The molecule has 0 fully saturated rings. The lowest BCUT2D eigenvalue weighted by atomic mass is 10.1. The van der Waals surface area contributed by atoms with Gasteiger partial charge in [0.15, 0.2) is 0 Å². The van der Waals surface area contributed by atoms with E-state index >= 15 is 0 Å². The minimum atomic E-state index is -1.12. The first-order chi connectivity index (χ1) is 5.65. The average molecular weight is 186 g/mol. The van der Waals surface area contributed by atoms with Crippen LogP contribution < -0.4 is 0 Å². The number of carbonyl (C=O) groups is 1. The van der Waals surface area contributed by atoms with Gasteiger partial charge in [0.25, 0.3) is 0 Å². The van der Waals surface area contributed by atoms with Crippen LogP contribution in [0.15, 0.2) is 18.2 Å². The third kappa shape index (κ3) is 1.75. The largest absolute Gasteiger partial charge is 0.478 e. The van der Waals surface area contributed by atoms with E-state index in [1.165, 1.54) is 18.2 Å². The van der Waals surface area contributed by atoms with Gasteiger partial charge >= 0.3 is 5.97 Å². The van der Waals surface area contributed by atoms with E-state index in [0.717, 1.165) is 0 Å². The second kappa shape index (κ2) is 3.56. The van der Waals surface area contributed by atoms with Gasteiger partial charge in [0.05, 0.1) is 5.56 Å². The third-order valence-electron chi connectivity index (χ3n) is 1.46. The molecule has 4 heteroatoms. The highest BCUT2D eigenvalue weighted by Crippen LogP contribution is 2.16. The Morgan fingerprint density at radius 3 is 2.67 bits per heavy atom. The minimum Gasteiger partial charge on any atom is -0.478 e. The highest BCUT2D eigenvalue weighted by Gasteiger charge is 2.09. The summed E-state index contributed by atoms with van der Waals surface area (Å²) in [4.78, 5) is 10.5. The predicted molar refractivity (Wildman–Crippen MR) is 42.8 cm³/mol. The first-order valence-electron chi connectivity index (χ1n) is 3.25. The summed E-state index contributed by atoms with van der Waals surface area (Å²) >= 11 is 5.55. The zero-order valence-electron chi connectivity index (χ0n) is 6.08. The highest BCUT2D eigenvalue weighted by atomic mass is 35.5. The van der Waals surface area contributed by atoms with Crippen molar-refractivity contribution in [3.05, 3.63) is 34.3 Å². The van der Waals surface area contributed by atoms with Gasteiger partial charge in [0, 0.05) is 5.02 Å². The molecule has 1 radical (unpaired) electrons. The van der Waals surface area contributed by atoms with Crippen LogP contribution in [0.1, 0.15) is 15.9 Å². The van der Waals surface area contributed by atoms with E-state index in [1.54, 1.807) is 0 Å². The smallest absolute Gasteiger partial charge is 0.336 e. The number of benzene rings is 1. The van der Waals surface area contributed by atoms with E-state index < -0.39 is 12.6 Å². The fourth-order valence-corrected chi connectivity index (χ4v) is 1.05. The van der Waals surface area contributed by atoms with Gasteiger partial charge in [-0.2, -0.15) is 0 Å². The van der Waals surface area contributed by atoms with E-state index in [0.29, 0.717) is 5.02 Å². The molecule has 0 bridgehead atoms. The maximum Gasteiger partial charge on any atom is 0.336 e. The zero-order valence-corrected chi connectivity index (χ0v) is 6.84. The Morgan fingerprint density at radius 2 is 2.17 bits per heavy atom. The molecule has 0 aromatic heterocycles. The molecular weight excluding hydrogens is 180 g/mol. The van der Waals surface area contributed by atoms with Gasteiger partial charge in [-0.05, 0) is 17.7 Å². The van der Waals surface area contributed by atoms with Crippen molar-refractivity contribution < 1.29 is 15.0 Å². The second-order valence-electron chi connectivity index (χ2n) is 2.25. The van der Waals surface area contributed by atoms with Crippen LogP contribution in [-0.2, 0) is 11.7 Å². The Bertz CT molecular complexity index is 309. The van der Waals surface area contributed by atoms with E-state index in [-0.39, 0.29) is 11.1 Å². The number of hydrogen-bond donors (Lipinski definition) is 1. The van der Waals surface area contributed by atoms with E-state index in [9.17, 15) is 9.90 Å². The maximum atomic E-state index is 10.5. The molecule has 0 saturated carbocycles. The Balaban J connectivity index is 3.21. The third-order valence-corrected chi connectivity index (χ3v) is 1.69. The van der Waals surface area contributed by atoms with Gasteiger partial charge in [-0.1, -0.05) is 17.7 Å². The quantitative estimate of drug-likeness (QED) is 0.766. The van der Waals surface area contributed by atoms with Crippen molar-refractivity contribution in [2.75, 3.05) is 0 Å². The van der Waals surface area contributed by atoms with Crippen molar-refractivity contribution in [1.29, 1.82) is 0 Å². The summed E-state index contributed by atoms with van der Waals surface area (Å²) in [6, 6.07) is 4.21. The molecule has 0 amide bonds. The van der Waals surface area contributed by atoms with Crippen molar-refractivity contribution in [1.82, 2.24) is 0 Å². The molecule has 63 valence electrons. The van der Waals surface area contributed by atoms with E-state index in [4.69, 9.17) is 16.7 Å². The molecule has 1 aromatic carbocycles. The minimum absolute atomic E-state index is 0.0162. The SMILES string of the molecule is [O]Cc1ccc(Cl)cc1C(=O)O. The van der Waals surface area contributed by atoms with Crippen LogP contribution >= 0.6 is 11.6 Å². The van der Waals surface area contributed by atoms with Crippen LogP contribution in [0.2, 0.25) is 5.02 Å². The molecule has 0 aliphatic heterocycles. The van der Waals surface area contributed by atoms with Crippen molar-refractivity contribution in [3.63, 3.8) is 0 Å². The van der Waals surface area contributed by atoms with E-state index in [2.05, 4.69) is 0 Å². The van der Waals surface area contributed by atoms with Crippen molar-refractivity contribution in [2.45, 2.75) is 6.61 Å². The maximum absolute atomic E-state index is 10.5. The monoisotopic (exact) mass is 185 g/mol. The van der Waals surface area contributed by atoms with Crippen LogP contribution in [0.5, 0.6) is 0 Å². The molecule has 1 aromatic rings. The van der Waals surface area contributed by atoms with Gasteiger partial charge in [0.1, 0.15) is 6.61 Å². The normalized spacial score (nSPS) is 9.83. The number of carboxylic acids is 1. The van der Waals surface area contributed by atoms with Crippen LogP contribution in [0.25, 0.3) is 0 Å². The molecule has 0 spiro atoms. The van der Waals surface area contributed by atoms with Gasteiger partial charge in [-0.15, -0.1) is 0 Å². The van der Waals surface area contributed by atoms with Crippen LogP contribution in [0, 0.1) is 0 Å². The molecule has 0 unspecified atom stereocenters. The number of halogens is 1. The molecule has 3 nitrogen and oxygen atoms in total. The summed E-state index contributed by atoms with van der Waals surface area (Å²) < 4.78 is 0. The lowest BCUT2D eigenvalue weighted by Crippen LogP contribution is -2.01. The summed E-state index contributed by atoms with van der Waals surface area (Å²) in [5.74, 6) is -1.12. The van der Waals surface area contributed by atoms with Gasteiger partial charge in [0.2, 0.25) is 0 Å². The van der Waals surface area contributed by atoms with Gasteiger partial charge < -0.3 is 5.11 Å². The highest BCUT2D eigenvalue weighted by molar-refractivity contribution is 6.30. The summed E-state index contributed by atoms with van der Waals surface area (Å²) in [5, 5.41) is 19.4. The lowest BCUT2D eigenvalue weighted by Gasteiger charge is -2.00. The first-order valence-corrected chi connectivity index (χ1v) is 3.62. The molecular formula is C8H6ClO3. The molecule has 0 aliphatic carbocycles. The summed E-state index contributed by atoms with van der Waals surface area (Å²) in [5.41, 5.74) is 0.240. The zero-order chi connectivity index (χ0) is 9.14. The van der Waals surface area contributed by atoms with Crippen LogP contribution in [0.3, 0.4) is 0 Å². The summed E-state index contributed by atoms with van der Waals surface area (Å²) in [6.45, 7) is -0.543. The number of hydrogen-bond acceptors (Lipinski definition) is 1. The summed E-state index contributed by atoms with van der Waals surface area (Å²) in [6.07, 6.45) is 0. The molecule has 0 atom stereocenters. The topological polar surface area (TPSA) is 57.2 Å². The molecule has 0 aliphatic rings. The Morgan fingerprint density at radius 1 is 1.50 bits per heavy atom. The molecule has 1 N–H and O–H groups in total. The Hall–Kier alpha value is -1.06. The standard InChI is InChI=1S/C8H6ClO3/c9-6-2-1-5(4-10)7(3-6)8(11)12/h1-3H,4H2,(H,11,12). The second-order valence-corrected chi connectivity index (χ2v) is 2.69. The van der Waals surface area contributed by atoms with Crippen molar-refractivity contribution in [2.24, 2.45) is 0 Å². The Labute approximate surface area is 74.2 Å². The van der Waals surface area contributed by atoms with E-state index in [1.807, 2.05) is 0 Å². The molecule has 12 heavy (non-hydrogen) atoms. The molecule has 0 heterocycles. The average Bonchev–Trinajstić information content (AvgIpc) is 2.04. The van der Waals surface area contributed by atoms with Gasteiger partial charge in [-0.25, -0.2) is 9.90 Å². The number of carboxylic acid groups (broad SMARTS) is 1. The Kier molecular flexibility index (Phi) is 2.68. The summed E-state index contributed by atoms with van der Waals surface area (Å²) in [7, 11) is 0. The van der Waals surface area contributed by atoms with Crippen LogP contribution in [-0.4, -0.2) is 11.1 Å². The molecule has 0 saturated heterocycles. The number of aromatic carboxylic acids is 1. The van der Waals surface area contributed by atoms with Crippen molar-refractivity contribution >= 4 is 17.6 Å². The van der Waals surface area contributed by atoms with Crippen LogP contribution in [0.4, 0.5) is 0 Å². The predicted octanol–water partition coefficient (Wildman–Crippen LogP) is 1.97. The fourth-order valence-electron chi connectivity index (χ4n) is 0.874. The number of rotatable bonds is 2. The molecule has 1 rings (SSSR count). The fraction of sp³-hybridized carbons (Fsp3) is 0.125.